The number of amides is 3. The normalized spacial score (nSPS) is 14.3. The quantitative estimate of drug-likeness (QED) is 0.0648. The molecule has 276 valence electrons. The molecule has 1 aliphatic rings. The van der Waals surface area contributed by atoms with Gasteiger partial charge in [-0.05, 0) is 101 Å². The topological polar surface area (TPSA) is 114 Å². The van der Waals surface area contributed by atoms with E-state index in [9.17, 15) is 19.2 Å². The molecule has 2 aromatic heterocycles. The lowest BCUT2D eigenvalue weighted by Crippen LogP contribution is -2.30. The Morgan fingerprint density at radius 3 is 2.29 bits per heavy atom. The number of rotatable bonds is 12. The molecule has 2 unspecified atom stereocenters. The van der Waals surface area contributed by atoms with Crippen LogP contribution in [0.4, 0.5) is 10.7 Å². The van der Waals surface area contributed by atoms with Crippen molar-refractivity contribution in [3.8, 4) is 0 Å². The lowest BCUT2D eigenvalue weighted by atomic mass is 9.83. The van der Waals surface area contributed by atoms with Crippen LogP contribution in [0.1, 0.15) is 65.4 Å². The van der Waals surface area contributed by atoms with Gasteiger partial charge < -0.3 is 20.7 Å². The van der Waals surface area contributed by atoms with Gasteiger partial charge in [0.25, 0.3) is 11.8 Å². The first-order valence-corrected chi connectivity index (χ1v) is 20.3. The molecule has 6 aromatic rings. The Bertz CT molecular complexity index is 2320. The Kier molecular flexibility index (Phi) is 12.0. The van der Waals surface area contributed by atoms with E-state index in [0.717, 1.165) is 39.3 Å². The maximum Gasteiger partial charge on any atom is 0.341 e. The van der Waals surface area contributed by atoms with Gasteiger partial charge in [0.15, 0.2) is 0 Å². The summed E-state index contributed by atoms with van der Waals surface area (Å²) >= 11 is 4.25. The van der Waals surface area contributed by atoms with E-state index < -0.39 is 23.0 Å². The second-order valence-corrected chi connectivity index (χ2v) is 15.9. The number of thioether (sulfide) groups is 1. The van der Waals surface area contributed by atoms with Crippen LogP contribution in [0.15, 0.2) is 143 Å². The van der Waals surface area contributed by atoms with E-state index in [1.165, 1.54) is 47.1 Å². The number of hydrogen-bond donors (Lipinski definition) is 3. The van der Waals surface area contributed by atoms with E-state index >= 15 is 0 Å². The second kappa shape index (κ2) is 17.6. The average molecular weight is 784 g/mol. The molecule has 0 spiro atoms. The molecule has 0 saturated carbocycles. The monoisotopic (exact) mass is 783 g/mol. The van der Waals surface area contributed by atoms with Crippen LogP contribution in [0.3, 0.4) is 0 Å². The largest absolute Gasteiger partial charge is 0.465 e. The molecule has 3 N–H and O–H groups in total. The number of carbonyl (C=O) groups excluding carboxylic acids is 4. The van der Waals surface area contributed by atoms with E-state index in [1.54, 1.807) is 48.5 Å². The summed E-state index contributed by atoms with van der Waals surface area (Å²) in [4.78, 5) is 56.0. The van der Waals surface area contributed by atoms with E-state index in [4.69, 9.17) is 4.74 Å². The molecular formula is C44H37N3O5S3. The lowest BCUT2D eigenvalue weighted by molar-refractivity contribution is -0.116. The van der Waals surface area contributed by atoms with E-state index in [2.05, 4.69) is 28.1 Å². The molecule has 0 saturated heterocycles. The van der Waals surface area contributed by atoms with Crippen LogP contribution in [0.5, 0.6) is 0 Å². The third kappa shape index (κ3) is 9.14. The van der Waals surface area contributed by atoms with E-state index in [1.807, 2.05) is 77.5 Å². The van der Waals surface area contributed by atoms with E-state index in [-0.39, 0.29) is 11.6 Å². The highest BCUT2D eigenvalue weighted by Crippen LogP contribution is 2.44. The van der Waals surface area contributed by atoms with Gasteiger partial charge in [-0.3, -0.25) is 14.4 Å². The van der Waals surface area contributed by atoms with Crippen LogP contribution in [0, 0.1) is 0 Å². The summed E-state index contributed by atoms with van der Waals surface area (Å²) < 4.78 is 5.22. The van der Waals surface area contributed by atoms with E-state index in [0.29, 0.717) is 34.2 Å². The highest BCUT2D eigenvalue weighted by atomic mass is 32.2. The molecule has 0 aliphatic heterocycles. The molecule has 4 aromatic carbocycles. The van der Waals surface area contributed by atoms with Gasteiger partial charge in [-0.15, -0.1) is 23.1 Å². The van der Waals surface area contributed by atoms with Gasteiger partial charge in [-0.2, -0.15) is 11.3 Å². The summed E-state index contributed by atoms with van der Waals surface area (Å²) in [7, 11) is 1.36. The summed E-state index contributed by atoms with van der Waals surface area (Å²) in [5, 5.41) is 12.4. The highest BCUT2D eigenvalue weighted by molar-refractivity contribution is 8.00. The third-order valence-electron chi connectivity index (χ3n) is 9.23. The van der Waals surface area contributed by atoms with Crippen molar-refractivity contribution < 1.29 is 23.9 Å². The third-order valence-corrected chi connectivity index (χ3v) is 12.4. The van der Waals surface area contributed by atoms with Crippen molar-refractivity contribution in [3.05, 3.63) is 176 Å². The molecule has 2 atom stereocenters. The van der Waals surface area contributed by atoms with Crippen molar-refractivity contribution in [3.63, 3.8) is 0 Å². The maximum atomic E-state index is 14.3. The Balaban J connectivity index is 1.12. The van der Waals surface area contributed by atoms with Crippen LogP contribution in [-0.2, 0) is 27.2 Å². The van der Waals surface area contributed by atoms with Crippen molar-refractivity contribution in [1.29, 1.82) is 0 Å². The summed E-state index contributed by atoms with van der Waals surface area (Å²) in [6, 6.07) is 37.6. The zero-order valence-corrected chi connectivity index (χ0v) is 32.3. The van der Waals surface area contributed by atoms with Crippen LogP contribution < -0.4 is 16.0 Å². The second-order valence-electron chi connectivity index (χ2n) is 12.9. The number of benzene rings is 4. The van der Waals surface area contributed by atoms with Gasteiger partial charge in [0.1, 0.15) is 15.9 Å². The molecule has 0 radical (unpaired) electrons. The molecule has 7 rings (SSSR count). The smallest absolute Gasteiger partial charge is 0.341 e. The minimum atomic E-state index is -0.701. The van der Waals surface area contributed by atoms with Crippen molar-refractivity contribution >= 4 is 74.9 Å². The molecule has 0 fully saturated rings. The number of hydrogen-bond acceptors (Lipinski definition) is 8. The number of fused-ring (bicyclic) bond motifs is 1. The van der Waals surface area contributed by atoms with Crippen molar-refractivity contribution in [2.45, 2.75) is 35.3 Å². The Hall–Kier alpha value is -5.75. The lowest BCUT2D eigenvalue weighted by Gasteiger charge is -2.22. The van der Waals surface area contributed by atoms with Gasteiger partial charge in [-0.1, -0.05) is 84.9 Å². The summed E-state index contributed by atoms with van der Waals surface area (Å²) in [6.07, 6.45) is 4.01. The number of nitrogens with one attached hydrogen (secondary N) is 3. The van der Waals surface area contributed by atoms with Crippen LogP contribution in [0.2, 0.25) is 0 Å². The average Bonchev–Trinajstić information content (AvgIpc) is 3.87. The number of methoxy groups -OCH3 is 1. The Labute approximate surface area is 331 Å². The van der Waals surface area contributed by atoms with Crippen LogP contribution in [-0.4, -0.2) is 30.8 Å². The molecule has 0 bridgehead atoms. The Morgan fingerprint density at radius 2 is 1.58 bits per heavy atom. The van der Waals surface area contributed by atoms with Gasteiger partial charge in [0.05, 0.1) is 12.7 Å². The summed E-state index contributed by atoms with van der Waals surface area (Å²) in [5.41, 5.74) is 5.18. The number of ether oxygens (including phenoxy) is 1. The molecule has 2 heterocycles. The number of esters is 1. The maximum absolute atomic E-state index is 14.3. The van der Waals surface area contributed by atoms with Gasteiger partial charge >= 0.3 is 5.97 Å². The molecule has 3 amide bonds. The summed E-state index contributed by atoms with van der Waals surface area (Å²) in [5.74, 6) is -1.34. The van der Waals surface area contributed by atoms with Crippen LogP contribution >= 0.6 is 34.4 Å². The fourth-order valence-electron chi connectivity index (χ4n) is 6.53. The first kappa shape index (κ1) is 37.6. The molecule has 1 aliphatic carbocycles. The Morgan fingerprint density at radius 1 is 0.855 bits per heavy atom. The first-order valence-electron chi connectivity index (χ1n) is 17.7. The molecule has 8 nitrogen and oxygen atoms in total. The van der Waals surface area contributed by atoms with Crippen molar-refractivity contribution in [2.75, 3.05) is 17.7 Å². The van der Waals surface area contributed by atoms with Crippen LogP contribution in [0.25, 0.3) is 6.08 Å². The van der Waals surface area contributed by atoms with Crippen molar-refractivity contribution in [2.24, 2.45) is 0 Å². The standard InChI is InChI=1S/C44H37N3O5S3/c1-52-44(51)38-35-21-20-32(29-12-5-2-6-13-29)25-37(35)55-43(38)47-42(50)39(30-14-7-3-8-15-30)54-34-19-11-18-33(26-34)45-41(49)36(24-28-22-23-53-27-28)46-40(48)31-16-9-4-10-17-31/h2-19,22-24,26-27,32,39H,20-21,25H2,1H3,(H,45,49)(H,46,48)(H,47,50)/b36-24-. The number of carbonyl (C=O) groups is 4. The minimum absolute atomic E-state index is 0.0852. The zero-order valence-electron chi connectivity index (χ0n) is 29.8. The predicted octanol–water partition coefficient (Wildman–Crippen LogP) is 9.75. The van der Waals surface area contributed by atoms with Crippen molar-refractivity contribution in [1.82, 2.24) is 5.32 Å². The van der Waals surface area contributed by atoms with Gasteiger partial charge in [0.2, 0.25) is 5.91 Å². The fourth-order valence-corrected chi connectivity index (χ4v) is 9.55. The predicted molar refractivity (Wildman–Crippen MR) is 222 cm³/mol. The van der Waals surface area contributed by atoms with Gasteiger partial charge in [-0.25, -0.2) is 4.79 Å². The fraction of sp³-hybridized carbons (Fsp3) is 0.136. The first-order chi connectivity index (χ1) is 26.9. The highest BCUT2D eigenvalue weighted by Gasteiger charge is 2.32. The zero-order chi connectivity index (χ0) is 38.1. The molecule has 55 heavy (non-hydrogen) atoms. The summed E-state index contributed by atoms with van der Waals surface area (Å²) in [6.45, 7) is 0. The number of thiophene rings is 2. The van der Waals surface area contributed by atoms with Gasteiger partial charge in [0, 0.05) is 21.0 Å². The minimum Gasteiger partial charge on any atom is -0.465 e. The molecule has 11 heteroatoms. The molecular weight excluding hydrogens is 747 g/mol. The SMILES string of the molecule is COC(=O)c1c(NC(=O)C(Sc2cccc(NC(=O)/C(=C/c3ccsc3)NC(=O)c3ccccc3)c2)c2ccccc2)sc2c1CCC(c1ccccc1)C2. The number of anilines is 2.